The minimum Gasteiger partial charge on any atom is -0.347 e. The second-order valence-corrected chi connectivity index (χ2v) is 8.33. The molecule has 4 nitrogen and oxygen atoms in total. The highest BCUT2D eigenvalue weighted by Crippen LogP contribution is 2.21. The van der Waals surface area contributed by atoms with Gasteiger partial charge in [-0.1, -0.05) is 44.2 Å². The zero-order chi connectivity index (χ0) is 18.4. The molecule has 0 saturated heterocycles. The Labute approximate surface area is 155 Å². The van der Waals surface area contributed by atoms with Gasteiger partial charge in [0.05, 0.1) is 10.7 Å². The lowest BCUT2D eigenvalue weighted by Crippen LogP contribution is -2.42. The molecule has 2 rings (SSSR count). The Bertz CT molecular complexity index is 670. The number of carbonyl (C=O) groups is 1. The average molecular weight is 360 g/mol. The third-order valence-corrected chi connectivity index (χ3v) is 5.08. The van der Waals surface area contributed by atoms with Gasteiger partial charge in [0.1, 0.15) is 4.88 Å². The van der Waals surface area contributed by atoms with E-state index < -0.39 is 0 Å². The number of likely N-dealkylation sites (N-methyl/N-ethyl adjacent to an activating group) is 1. The van der Waals surface area contributed by atoms with Gasteiger partial charge in [-0.15, -0.1) is 11.3 Å². The number of nitrogens with zero attached hydrogens (tertiary/aromatic N) is 2. The summed E-state index contributed by atoms with van der Waals surface area (Å²) in [7, 11) is 4.07. The van der Waals surface area contributed by atoms with Crippen LogP contribution in [0.3, 0.4) is 0 Å². The minimum absolute atomic E-state index is 0.00168. The second-order valence-electron chi connectivity index (χ2n) is 7.25. The van der Waals surface area contributed by atoms with Crippen LogP contribution in [-0.4, -0.2) is 42.5 Å². The summed E-state index contributed by atoms with van der Waals surface area (Å²) in [5, 5.41) is 4.19. The quantitative estimate of drug-likeness (QED) is 0.781. The largest absolute Gasteiger partial charge is 0.347 e. The predicted molar refractivity (Wildman–Crippen MR) is 105 cm³/mol. The summed E-state index contributed by atoms with van der Waals surface area (Å²) >= 11 is 1.51. The molecule has 0 aliphatic rings. The van der Waals surface area contributed by atoms with Gasteiger partial charge in [0, 0.05) is 19.0 Å². The molecule has 0 aliphatic carbocycles. The first-order valence-corrected chi connectivity index (χ1v) is 9.62. The topological polar surface area (TPSA) is 45.2 Å². The van der Waals surface area contributed by atoms with Crippen LogP contribution in [0.15, 0.2) is 30.3 Å². The number of hydrogen-bond acceptors (Lipinski definition) is 4. The maximum Gasteiger partial charge on any atom is 0.263 e. The molecule has 1 atom stereocenters. The van der Waals surface area contributed by atoms with E-state index in [9.17, 15) is 4.79 Å². The highest BCUT2D eigenvalue weighted by Gasteiger charge is 2.20. The molecule has 0 fully saturated rings. The van der Waals surface area contributed by atoms with E-state index in [-0.39, 0.29) is 11.9 Å². The first-order chi connectivity index (χ1) is 11.8. The number of aromatic nitrogens is 1. The number of thiazole rings is 1. The summed E-state index contributed by atoms with van der Waals surface area (Å²) < 4.78 is 0. The molecule has 0 spiro atoms. The van der Waals surface area contributed by atoms with Gasteiger partial charge >= 0.3 is 0 Å². The Balaban J connectivity index is 2.07. The first-order valence-electron chi connectivity index (χ1n) is 8.81. The van der Waals surface area contributed by atoms with E-state index in [0.29, 0.717) is 5.92 Å². The van der Waals surface area contributed by atoms with Gasteiger partial charge in [-0.2, -0.15) is 0 Å². The van der Waals surface area contributed by atoms with Crippen LogP contribution in [0.25, 0.3) is 0 Å². The molecule has 0 aliphatic heterocycles. The third-order valence-electron chi connectivity index (χ3n) is 3.92. The molecule has 1 aromatic heterocycles. The SMILES string of the molecule is Cc1nc(Cc2ccccc2)sc1C(=O)NC(CC(C)C)CN(C)C. The van der Waals surface area contributed by atoms with Gasteiger partial charge in [-0.25, -0.2) is 4.98 Å². The Morgan fingerprint density at radius 2 is 1.92 bits per heavy atom. The fraction of sp³-hybridized carbons (Fsp3) is 0.500. The van der Waals surface area contributed by atoms with Crippen molar-refractivity contribution in [3.63, 3.8) is 0 Å². The van der Waals surface area contributed by atoms with Gasteiger partial charge in [0.15, 0.2) is 0 Å². The van der Waals surface area contributed by atoms with Crippen LogP contribution in [0.2, 0.25) is 0 Å². The molecule has 0 radical (unpaired) electrons. The monoisotopic (exact) mass is 359 g/mol. The Morgan fingerprint density at radius 1 is 1.24 bits per heavy atom. The maximum absolute atomic E-state index is 12.7. The van der Waals surface area contributed by atoms with E-state index in [1.807, 2.05) is 39.2 Å². The molecule has 1 N–H and O–H groups in total. The lowest BCUT2D eigenvalue weighted by Gasteiger charge is -2.23. The molecule has 2 aromatic rings. The molecule has 0 saturated carbocycles. The van der Waals surface area contributed by atoms with Crippen molar-refractivity contribution in [1.82, 2.24) is 15.2 Å². The van der Waals surface area contributed by atoms with Gasteiger partial charge in [-0.05, 0) is 38.9 Å². The molecule has 1 amide bonds. The van der Waals surface area contributed by atoms with Crippen molar-refractivity contribution in [3.05, 3.63) is 51.5 Å². The van der Waals surface area contributed by atoms with Gasteiger partial charge < -0.3 is 10.2 Å². The van der Waals surface area contributed by atoms with Crippen molar-refractivity contribution in [3.8, 4) is 0 Å². The lowest BCUT2D eigenvalue weighted by atomic mass is 10.0. The number of amides is 1. The number of hydrogen-bond donors (Lipinski definition) is 1. The number of carbonyl (C=O) groups excluding carboxylic acids is 1. The van der Waals surface area contributed by atoms with Crippen LogP contribution in [-0.2, 0) is 6.42 Å². The van der Waals surface area contributed by atoms with Crippen LogP contribution < -0.4 is 5.32 Å². The lowest BCUT2D eigenvalue weighted by molar-refractivity contribution is 0.0928. The smallest absolute Gasteiger partial charge is 0.263 e. The maximum atomic E-state index is 12.7. The summed E-state index contributed by atoms with van der Waals surface area (Å²) in [6.07, 6.45) is 1.74. The normalized spacial score (nSPS) is 12.6. The average Bonchev–Trinajstić information content (AvgIpc) is 2.87. The summed E-state index contributed by atoms with van der Waals surface area (Å²) in [6.45, 7) is 7.14. The Kier molecular flexibility index (Phi) is 7.14. The van der Waals surface area contributed by atoms with Crippen molar-refractivity contribution in [2.45, 2.75) is 39.7 Å². The van der Waals surface area contributed by atoms with Gasteiger partial charge in [0.25, 0.3) is 5.91 Å². The molecular formula is C20H29N3OS. The van der Waals surface area contributed by atoms with Crippen LogP contribution in [0.5, 0.6) is 0 Å². The summed E-state index contributed by atoms with van der Waals surface area (Å²) in [6, 6.07) is 10.4. The number of benzene rings is 1. The molecule has 25 heavy (non-hydrogen) atoms. The molecular weight excluding hydrogens is 330 g/mol. The van der Waals surface area contributed by atoms with Crippen LogP contribution in [0.4, 0.5) is 0 Å². The van der Waals surface area contributed by atoms with Crippen molar-refractivity contribution in [1.29, 1.82) is 0 Å². The predicted octanol–water partition coefficient (Wildman–Crippen LogP) is 3.75. The van der Waals surface area contributed by atoms with Crippen LogP contribution in [0, 0.1) is 12.8 Å². The number of aryl methyl sites for hydroxylation is 1. The zero-order valence-electron chi connectivity index (χ0n) is 15.9. The van der Waals surface area contributed by atoms with E-state index in [2.05, 4.69) is 41.2 Å². The van der Waals surface area contributed by atoms with Crippen molar-refractivity contribution >= 4 is 17.2 Å². The third kappa shape index (κ3) is 6.25. The summed E-state index contributed by atoms with van der Waals surface area (Å²) in [4.78, 5) is 20.2. The first kappa shape index (κ1) is 19.6. The molecule has 0 bridgehead atoms. The fourth-order valence-electron chi connectivity index (χ4n) is 2.95. The Morgan fingerprint density at radius 3 is 2.52 bits per heavy atom. The molecule has 136 valence electrons. The molecule has 1 heterocycles. The minimum atomic E-state index is 0.00168. The van der Waals surface area contributed by atoms with Crippen LogP contribution in [0.1, 0.15) is 46.2 Å². The van der Waals surface area contributed by atoms with Crippen molar-refractivity contribution in [2.75, 3.05) is 20.6 Å². The molecule has 5 heteroatoms. The zero-order valence-corrected chi connectivity index (χ0v) is 16.7. The molecule has 1 unspecified atom stereocenters. The van der Waals surface area contributed by atoms with Crippen molar-refractivity contribution in [2.24, 2.45) is 5.92 Å². The second kappa shape index (κ2) is 9.11. The van der Waals surface area contributed by atoms with Crippen molar-refractivity contribution < 1.29 is 4.79 Å². The van der Waals surface area contributed by atoms with E-state index in [1.165, 1.54) is 16.9 Å². The fourth-order valence-corrected chi connectivity index (χ4v) is 3.95. The van der Waals surface area contributed by atoms with E-state index >= 15 is 0 Å². The van der Waals surface area contributed by atoms with Gasteiger partial charge in [-0.3, -0.25) is 4.79 Å². The highest BCUT2D eigenvalue weighted by molar-refractivity contribution is 7.13. The number of nitrogens with one attached hydrogen (secondary N) is 1. The van der Waals surface area contributed by atoms with Gasteiger partial charge in [0.2, 0.25) is 0 Å². The number of rotatable bonds is 8. The van der Waals surface area contributed by atoms with Crippen LogP contribution >= 0.6 is 11.3 Å². The summed E-state index contributed by atoms with van der Waals surface area (Å²) in [5.74, 6) is 0.545. The van der Waals surface area contributed by atoms with E-state index in [1.54, 1.807) is 0 Å². The molecule has 1 aromatic carbocycles. The van der Waals surface area contributed by atoms with E-state index in [0.717, 1.165) is 35.0 Å². The van der Waals surface area contributed by atoms with E-state index in [4.69, 9.17) is 0 Å². The highest BCUT2D eigenvalue weighted by atomic mass is 32.1. The summed E-state index contributed by atoms with van der Waals surface area (Å²) in [5.41, 5.74) is 2.04. The Hall–Kier alpha value is -1.72. The standard InChI is InChI=1S/C20H29N3OS/c1-14(2)11-17(13-23(4)5)22-20(24)19-15(3)21-18(25-19)12-16-9-7-6-8-10-16/h6-10,14,17H,11-13H2,1-5H3,(H,22,24).